The van der Waals surface area contributed by atoms with Crippen LogP contribution in [-0.4, -0.2) is 42.8 Å². The van der Waals surface area contributed by atoms with Gasteiger partial charge in [-0.3, -0.25) is 10.1 Å². The summed E-state index contributed by atoms with van der Waals surface area (Å²) >= 11 is 0. The lowest BCUT2D eigenvalue weighted by molar-refractivity contribution is -0.143. The van der Waals surface area contributed by atoms with E-state index in [0.717, 1.165) is 5.56 Å². The number of urea groups is 1. The predicted octanol–water partition coefficient (Wildman–Crippen LogP) is 0.717. The number of aliphatic carboxylic acids is 1. The number of hydrogen-bond donors (Lipinski definition) is 3. The standard InChI is InChI=1S/C14H18N2O5/c1-10(11-5-3-2-4-6-11)7-15-14(20)16-12(17)8-21-9-13(18)19/h2-6,10H,7-9H2,1H3,(H,18,19)(H2,15,16,17,20). The summed E-state index contributed by atoms with van der Waals surface area (Å²) in [5.74, 6) is -1.76. The highest BCUT2D eigenvalue weighted by Gasteiger charge is 2.10. The molecule has 3 amide bonds. The van der Waals surface area contributed by atoms with Gasteiger partial charge in [-0.15, -0.1) is 0 Å². The van der Waals surface area contributed by atoms with Crippen LogP contribution in [0.5, 0.6) is 0 Å². The van der Waals surface area contributed by atoms with E-state index in [9.17, 15) is 14.4 Å². The highest BCUT2D eigenvalue weighted by molar-refractivity contribution is 5.94. The quantitative estimate of drug-likeness (QED) is 0.687. The molecule has 1 aromatic rings. The molecule has 21 heavy (non-hydrogen) atoms. The van der Waals surface area contributed by atoms with Crippen LogP contribution in [0.3, 0.4) is 0 Å². The second-order valence-electron chi connectivity index (χ2n) is 4.46. The van der Waals surface area contributed by atoms with Gasteiger partial charge in [0.05, 0.1) is 0 Å². The van der Waals surface area contributed by atoms with Crippen molar-refractivity contribution in [3.8, 4) is 0 Å². The molecule has 1 unspecified atom stereocenters. The van der Waals surface area contributed by atoms with Gasteiger partial charge in [-0.2, -0.15) is 0 Å². The number of amides is 3. The van der Waals surface area contributed by atoms with E-state index in [2.05, 4.69) is 15.4 Å². The normalized spacial score (nSPS) is 11.5. The van der Waals surface area contributed by atoms with Gasteiger partial charge in [-0.1, -0.05) is 37.3 Å². The van der Waals surface area contributed by atoms with Crippen molar-refractivity contribution in [3.63, 3.8) is 0 Å². The third kappa shape index (κ3) is 7.07. The summed E-state index contributed by atoms with van der Waals surface area (Å²) in [4.78, 5) is 32.9. The Hall–Kier alpha value is -2.41. The maximum Gasteiger partial charge on any atom is 0.329 e. The van der Waals surface area contributed by atoms with Gasteiger partial charge >= 0.3 is 12.0 Å². The minimum Gasteiger partial charge on any atom is -0.480 e. The molecule has 7 nitrogen and oxygen atoms in total. The molecule has 1 rings (SSSR count). The summed E-state index contributed by atoms with van der Waals surface area (Å²) in [6, 6.07) is 9.00. The number of imide groups is 1. The molecule has 1 aromatic carbocycles. The van der Waals surface area contributed by atoms with Gasteiger partial charge in [0, 0.05) is 6.54 Å². The number of rotatable bonds is 7. The monoisotopic (exact) mass is 294 g/mol. The summed E-state index contributed by atoms with van der Waals surface area (Å²) in [5, 5.41) is 12.9. The van der Waals surface area contributed by atoms with E-state index in [-0.39, 0.29) is 5.92 Å². The average Bonchev–Trinajstić information content (AvgIpc) is 2.45. The molecule has 0 spiro atoms. The Morgan fingerprint density at radius 2 is 1.86 bits per heavy atom. The zero-order valence-electron chi connectivity index (χ0n) is 11.7. The van der Waals surface area contributed by atoms with Crippen molar-refractivity contribution < 1.29 is 24.2 Å². The molecule has 0 aliphatic heterocycles. The van der Waals surface area contributed by atoms with Crippen LogP contribution in [0.1, 0.15) is 18.4 Å². The summed E-state index contributed by atoms with van der Waals surface area (Å²) < 4.78 is 4.56. The van der Waals surface area contributed by atoms with Crippen LogP contribution in [0.15, 0.2) is 30.3 Å². The summed E-state index contributed by atoms with van der Waals surface area (Å²) in [6.45, 7) is 1.26. The largest absolute Gasteiger partial charge is 0.480 e. The number of carbonyl (C=O) groups is 3. The van der Waals surface area contributed by atoms with E-state index < -0.39 is 31.1 Å². The van der Waals surface area contributed by atoms with Crippen molar-refractivity contribution in [1.29, 1.82) is 0 Å². The molecule has 0 radical (unpaired) electrons. The van der Waals surface area contributed by atoms with Crippen LogP contribution >= 0.6 is 0 Å². The molecule has 0 fully saturated rings. The van der Waals surface area contributed by atoms with Gasteiger partial charge in [-0.05, 0) is 11.5 Å². The highest BCUT2D eigenvalue weighted by Crippen LogP contribution is 2.12. The maximum atomic E-state index is 11.5. The molecule has 0 saturated carbocycles. The number of carboxylic acid groups (broad SMARTS) is 1. The molecule has 0 aromatic heterocycles. The van der Waals surface area contributed by atoms with Crippen LogP contribution in [0.2, 0.25) is 0 Å². The fraction of sp³-hybridized carbons (Fsp3) is 0.357. The van der Waals surface area contributed by atoms with E-state index in [1.165, 1.54) is 0 Å². The maximum absolute atomic E-state index is 11.5. The minimum atomic E-state index is -1.18. The second kappa shape index (κ2) is 8.70. The first-order chi connectivity index (χ1) is 9.99. The van der Waals surface area contributed by atoms with Crippen molar-refractivity contribution in [2.24, 2.45) is 0 Å². The minimum absolute atomic E-state index is 0.107. The van der Waals surface area contributed by atoms with Crippen LogP contribution in [0.4, 0.5) is 4.79 Å². The second-order valence-corrected chi connectivity index (χ2v) is 4.46. The van der Waals surface area contributed by atoms with Crippen molar-refractivity contribution in [3.05, 3.63) is 35.9 Å². The van der Waals surface area contributed by atoms with E-state index in [1.807, 2.05) is 37.3 Å². The first-order valence-electron chi connectivity index (χ1n) is 6.41. The SMILES string of the molecule is CC(CNC(=O)NC(=O)COCC(=O)O)c1ccccc1. The van der Waals surface area contributed by atoms with Gasteiger partial charge in [0.1, 0.15) is 13.2 Å². The first kappa shape index (κ1) is 16.6. The highest BCUT2D eigenvalue weighted by atomic mass is 16.5. The fourth-order valence-corrected chi connectivity index (χ4v) is 1.58. The third-order valence-electron chi connectivity index (χ3n) is 2.65. The molecule has 0 aliphatic carbocycles. The topological polar surface area (TPSA) is 105 Å². The molecule has 1 atom stereocenters. The Bertz CT molecular complexity index is 489. The Labute approximate surface area is 122 Å². The summed E-state index contributed by atoms with van der Waals surface area (Å²) in [6.07, 6.45) is 0. The van der Waals surface area contributed by atoms with Crippen LogP contribution in [0.25, 0.3) is 0 Å². The Morgan fingerprint density at radius 1 is 1.19 bits per heavy atom. The number of carboxylic acids is 1. The van der Waals surface area contributed by atoms with E-state index in [4.69, 9.17) is 5.11 Å². The van der Waals surface area contributed by atoms with Crippen molar-refractivity contribution in [2.45, 2.75) is 12.8 Å². The molecular weight excluding hydrogens is 276 g/mol. The molecule has 3 N–H and O–H groups in total. The van der Waals surface area contributed by atoms with Gasteiger partial charge in [0.25, 0.3) is 5.91 Å². The molecular formula is C14H18N2O5. The molecule has 7 heteroatoms. The van der Waals surface area contributed by atoms with Crippen LogP contribution in [0, 0.1) is 0 Å². The molecule has 0 heterocycles. The van der Waals surface area contributed by atoms with Gasteiger partial charge < -0.3 is 15.2 Å². The number of benzene rings is 1. The van der Waals surface area contributed by atoms with Crippen LogP contribution < -0.4 is 10.6 Å². The number of nitrogens with one attached hydrogen (secondary N) is 2. The summed E-state index contributed by atoms with van der Waals surface area (Å²) in [5.41, 5.74) is 1.08. The predicted molar refractivity (Wildman–Crippen MR) is 74.9 cm³/mol. The van der Waals surface area contributed by atoms with Crippen LogP contribution in [-0.2, 0) is 14.3 Å². The van der Waals surface area contributed by atoms with E-state index in [1.54, 1.807) is 0 Å². The molecule has 0 aliphatic rings. The lowest BCUT2D eigenvalue weighted by Gasteiger charge is -2.13. The zero-order valence-corrected chi connectivity index (χ0v) is 11.7. The lowest BCUT2D eigenvalue weighted by atomic mass is 10.0. The summed E-state index contributed by atoms with van der Waals surface area (Å²) in [7, 11) is 0. The Kier molecular flexibility index (Phi) is 6.90. The Morgan fingerprint density at radius 3 is 2.48 bits per heavy atom. The number of ether oxygens (including phenoxy) is 1. The molecule has 114 valence electrons. The smallest absolute Gasteiger partial charge is 0.329 e. The average molecular weight is 294 g/mol. The van der Waals surface area contributed by atoms with Crippen molar-refractivity contribution in [2.75, 3.05) is 19.8 Å². The molecule has 0 bridgehead atoms. The van der Waals surface area contributed by atoms with Gasteiger partial charge in [0.15, 0.2) is 0 Å². The van der Waals surface area contributed by atoms with Crippen molar-refractivity contribution >= 4 is 17.9 Å². The Balaban J connectivity index is 2.24. The lowest BCUT2D eigenvalue weighted by Crippen LogP contribution is -2.42. The van der Waals surface area contributed by atoms with Crippen molar-refractivity contribution in [1.82, 2.24) is 10.6 Å². The third-order valence-corrected chi connectivity index (χ3v) is 2.65. The van der Waals surface area contributed by atoms with E-state index in [0.29, 0.717) is 6.54 Å². The molecule has 0 saturated heterocycles. The number of carbonyl (C=O) groups excluding carboxylic acids is 2. The fourth-order valence-electron chi connectivity index (χ4n) is 1.58. The number of hydrogen-bond acceptors (Lipinski definition) is 4. The van der Waals surface area contributed by atoms with E-state index >= 15 is 0 Å². The first-order valence-corrected chi connectivity index (χ1v) is 6.41. The van der Waals surface area contributed by atoms with Gasteiger partial charge in [-0.25, -0.2) is 9.59 Å². The zero-order chi connectivity index (χ0) is 15.7. The van der Waals surface area contributed by atoms with Gasteiger partial charge in [0.2, 0.25) is 0 Å².